The molecular weight excluding hydrogens is 314 g/mol. The Morgan fingerprint density at radius 2 is 1.96 bits per heavy atom. The Bertz CT molecular complexity index is 673. The van der Waals surface area contributed by atoms with Crippen LogP contribution in [0.1, 0.15) is 30.2 Å². The Kier molecular flexibility index (Phi) is 7.32. The Labute approximate surface area is 150 Å². The molecule has 0 radical (unpaired) electrons. The van der Waals surface area contributed by atoms with Crippen molar-refractivity contribution in [1.29, 1.82) is 0 Å². The zero-order valence-corrected chi connectivity index (χ0v) is 15.7. The molecule has 0 saturated heterocycles. The molecule has 1 aromatic heterocycles. The topological polar surface area (TPSA) is 63.5 Å². The van der Waals surface area contributed by atoms with Gasteiger partial charge in [-0.25, -0.2) is 4.99 Å². The lowest BCUT2D eigenvalue weighted by molar-refractivity contribution is 0.307. The van der Waals surface area contributed by atoms with E-state index in [1.807, 2.05) is 17.8 Å². The zero-order chi connectivity index (χ0) is 18.1. The van der Waals surface area contributed by atoms with Gasteiger partial charge in [-0.05, 0) is 44.4 Å². The fourth-order valence-corrected chi connectivity index (χ4v) is 2.54. The monoisotopic (exact) mass is 343 g/mol. The van der Waals surface area contributed by atoms with Gasteiger partial charge in [0, 0.05) is 26.3 Å². The lowest BCUT2D eigenvalue weighted by atomic mass is 10.1. The van der Waals surface area contributed by atoms with E-state index in [1.54, 1.807) is 6.20 Å². The van der Waals surface area contributed by atoms with Crippen molar-refractivity contribution < 1.29 is 4.74 Å². The summed E-state index contributed by atoms with van der Waals surface area (Å²) >= 11 is 0. The van der Waals surface area contributed by atoms with Gasteiger partial charge in [0.05, 0.1) is 18.8 Å². The molecule has 1 heterocycles. The lowest BCUT2D eigenvalue weighted by Crippen LogP contribution is -2.38. The van der Waals surface area contributed by atoms with E-state index in [1.165, 1.54) is 11.1 Å². The molecule has 2 N–H and O–H groups in total. The second-order valence-corrected chi connectivity index (χ2v) is 5.99. The highest BCUT2D eigenvalue weighted by atomic mass is 16.5. The number of guanidine groups is 1. The maximum absolute atomic E-state index is 5.93. The fourth-order valence-electron chi connectivity index (χ4n) is 2.54. The summed E-state index contributed by atoms with van der Waals surface area (Å²) in [5.74, 6) is 1.81. The fraction of sp³-hybridized carbons (Fsp3) is 0.474. The van der Waals surface area contributed by atoms with Gasteiger partial charge in [-0.2, -0.15) is 5.10 Å². The number of nitrogens with zero attached hydrogens (tertiary/aromatic N) is 3. The van der Waals surface area contributed by atoms with Crippen LogP contribution in [-0.4, -0.2) is 35.4 Å². The molecule has 0 amide bonds. The van der Waals surface area contributed by atoms with E-state index < -0.39 is 0 Å². The SMILES string of the molecule is CCNC(=NCc1ccnn1C)NCCCOc1c(C)cccc1C. The number of aryl methyl sites for hydroxylation is 3. The molecule has 6 heteroatoms. The van der Waals surface area contributed by atoms with Crippen molar-refractivity contribution in [3.63, 3.8) is 0 Å². The van der Waals surface area contributed by atoms with E-state index in [9.17, 15) is 0 Å². The van der Waals surface area contributed by atoms with Crippen LogP contribution in [0.15, 0.2) is 35.5 Å². The number of para-hydroxylation sites is 1. The molecule has 0 bridgehead atoms. The van der Waals surface area contributed by atoms with Gasteiger partial charge in [-0.3, -0.25) is 4.68 Å². The Hall–Kier alpha value is -2.50. The van der Waals surface area contributed by atoms with Crippen LogP contribution in [0, 0.1) is 13.8 Å². The van der Waals surface area contributed by atoms with Gasteiger partial charge in [-0.1, -0.05) is 18.2 Å². The minimum atomic E-state index is 0.602. The van der Waals surface area contributed by atoms with Gasteiger partial charge >= 0.3 is 0 Å². The molecule has 1 aromatic carbocycles. The molecule has 0 saturated carbocycles. The summed E-state index contributed by atoms with van der Waals surface area (Å²) in [5, 5.41) is 10.8. The summed E-state index contributed by atoms with van der Waals surface area (Å²) in [5.41, 5.74) is 3.44. The molecule has 0 unspecified atom stereocenters. The lowest BCUT2D eigenvalue weighted by Gasteiger charge is -2.13. The highest BCUT2D eigenvalue weighted by Crippen LogP contribution is 2.22. The summed E-state index contributed by atoms with van der Waals surface area (Å²) in [6, 6.07) is 8.19. The van der Waals surface area contributed by atoms with E-state index in [0.29, 0.717) is 13.2 Å². The number of rotatable bonds is 8. The van der Waals surface area contributed by atoms with Crippen LogP contribution in [0.2, 0.25) is 0 Å². The Morgan fingerprint density at radius 1 is 1.20 bits per heavy atom. The second kappa shape index (κ2) is 9.71. The predicted molar refractivity (Wildman–Crippen MR) is 102 cm³/mol. The van der Waals surface area contributed by atoms with Crippen molar-refractivity contribution in [2.75, 3.05) is 19.7 Å². The van der Waals surface area contributed by atoms with E-state index in [2.05, 4.69) is 59.7 Å². The summed E-state index contributed by atoms with van der Waals surface area (Å²) in [6.07, 6.45) is 2.69. The molecule has 136 valence electrons. The van der Waals surface area contributed by atoms with Crippen LogP contribution in [0.5, 0.6) is 5.75 Å². The average molecular weight is 343 g/mol. The third-order valence-electron chi connectivity index (χ3n) is 3.93. The minimum Gasteiger partial charge on any atom is -0.493 e. The molecule has 0 fully saturated rings. The van der Waals surface area contributed by atoms with Crippen molar-refractivity contribution in [3.05, 3.63) is 47.3 Å². The van der Waals surface area contributed by atoms with Crippen molar-refractivity contribution in [3.8, 4) is 5.75 Å². The first-order chi connectivity index (χ1) is 12.1. The summed E-state index contributed by atoms with van der Waals surface area (Å²) in [7, 11) is 1.93. The van der Waals surface area contributed by atoms with Gasteiger partial charge < -0.3 is 15.4 Å². The highest BCUT2D eigenvalue weighted by Gasteiger charge is 2.03. The molecule has 0 spiro atoms. The molecule has 25 heavy (non-hydrogen) atoms. The predicted octanol–water partition coefficient (Wildman–Crippen LogP) is 2.56. The number of ether oxygens (including phenoxy) is 1. The Balaban J connectivity index is 1.76. The van der Waals surface area contributed by atoms with Crippen LogP contribution >= 0.6 is 0 Å². The summed E-state index contributed by atoms with van der Waals surface area (Å²) in [6.45, 7) is 9.14. The molecule has 2 aromatic rings. The number of benzene rings is 1. The summed E-state index contributed by atoms with van der Waals surface area (Å²) < 4.78 is 7.77. The smallest absolute Gasteiger partial charge is 0.191 e. The number of hydrogen-bond acceptors (Lipinski definition) is 3. The van der Waals surface area contributed by atoms with Crippen molar-refractivity contribution in [2.24, 2.45) is 12.0 Å². The molecule has 0 aliphatic heterocycles. The largest absolute Gasteiger partial charge is 0.493 e. The molecule has 0 atom stereocenters. The maximum Gasteiger partial charge on any atom is 0.191 e. The minimum absolute atomic E-state index is 0.602. The Morgan fingerprint density at radius 3 is 2.60 bits per heavy atom. The molecular formula is C19H29N5O. The van der Waals surface area contributed by atoms with Crippen LogP contribution in [0.3, 0.4) is 0 Å². The highest BCUT2D eigenvalue weighted by molar-refractivity contribution is 5.79. The summed E-state index contributed by atoms with van der Waals surface area (Å²) in [4.78, 5) is 4.59. The van der Waals surface area contributed by atoms with Crippen LogP contribution in [0.4, 0.5) is 0 Å². The quantitative estimate of drug-likeness (QED) is 0.439. The average Bonchev–Trinajstić information content (AvgIpc) is 2.99. The zero-order valence-electron chi connectivity index (χ0n) is 15.7. The third kappa shape index (κ3) is 5.81. The molecule has 0 aliphatic carbocycles. The normalized spacial score (nSPS) is 11.4. The van der Waals surface area contributed by atoms with Gasteiger partial charge in [0.1, 0.15) is 5.75 Å². The van der Waals surface area contributed by atoms with Gasteiger partial charge in [0.15, 0.2) is 5.96 Å². The third-order valence-corrected chi connectivity index (χ3v) is 3.93. The van der Waals surface area contributed by atoms with Crippen LogP contribution in [0.25, 0.3) is 0 Å². The second-order valence-electron chi connectivity index (χ2n) is 5.99. The van der Waals surface area contributed by atoms with Gasteiger partial charge in [0.25, 0.3) is 0 Å². The van der Waals surface area contributed by atoms with E-state index >= 15 is 0 Å². The number of hydrogen-bond donors (Lipinski definition) is 2. The van der Waals surface area contributed by atoms with Crippen molar-refractivity contribution >= 4 is 5.96 Å². The van der Waals surface area contributed by atoms with Crippen molar-refractivity contribution in [1.82, 2.24) is 20.4 Å². The van der Waals surface area contributed by atoms with Gasteiger partial charge in [-0.15, -0.1) is 0 Å². The first-order valence-electron chi connectivity index (χ1n) is 8.80. The van der Waals surface area contributed by atoms with Crippen LogP contribution < -0.4 is 15.4 Å². The van der Waals surface area contributed by atoms with E-state index in [0.717, 1.165) is 36.9 Å². The molecule has 2 rings (SSSR count). The van der Waals surface area contributed by atoms with Gasteiger partial charge in [0.2, 0.25) is 0 Å². The van der Waals surface area contributed by atoms with Crippen molar-refractivity contribution in [2.45, 2.75) is 33.7 Å². The standard InChI is InChI=1S/C19H29N5O/c1-5-20-19(22-14-17-10-12-23-24(17)4)21-11-7-13-25-18-15(2)8-6-9-16(18)3/h6,8-10,12H,5,7,11,13-14H2,1-4H3,(H2,20,21,22). The maximum atomic E-state index is 5.93. The number of aliphatic imine (C=N–C) groups is 1. The molecule has 6 nitrogen and oxygen atoms in total. The van der Waals surface area contributed by atoms with E-state index in [-0.39, 0.29) is 0 Å². The first kappa shape index (κ1) is 18.8. The first-order valence-corrected chi connectivity index (χ1v) is 8.80. The number of nitrogens with one attached hydrogen (secondary N) is 2. The van der Waals surface area contributed by atoms with E-state index in [4.69, 9.17) is 4.74 Å². The number of aromatic nitrogens is 2. The molecule has 0 aliphatic rings. The van der Waals surface area contributed by atoms with Crippen LogP contribution in [-0.2, 0) is 13.6 Å².